The molecule has 2 aliphatic rings. The molecule has 0 spiro atoms. The van der Waals surface area contributed by atoms with Crippen LogP contribution in [0.25, 0.3) is 0 Å². The van der Waals surface area contributed by atoms with E-state index in [0.717, 1.165) is 22.9 Å². The van der Waals surface area contributed by atoms with E-state index in [2.05, 4.69) is 5.32 Å². The first-order chi connectivity index (χ1) is 19.0. The molecule has 6 atom stereocenters. The van der Waals surface area contributed by atoms with Gasteiger partial charge in [-0.25, -0.2) is 0 Å². The van der Waals surface area contributed by atoms with Crippen molar-refractivity contribution in [2.45, 2.75) is 56.4 Å². The van der Waals surface area contributed by atoms with E-state index < -0.39 is 40.6 Å². The zero-order valence-corrected chi connectivity index (χ0v) is 22.7. The summed E-state index contributed by atoms with van der Waals surface area (Å²) in [6.07, 6.45) is -1.60. The summed E-state index contributed by atoms with van der Waals surface area (Å²) in [6, 6.07) is 29.4. The van der Waals surface area contributed by atoms with Gasteiger partial charge in [0, 0.05) is 6.54 Å². The van der Waals surface area contributed by atoms with Crippen LogP contribution in [0.1, 0.15) is 16.7 Å². The molecule has 3 aromatic rings. The third-order valence-corrected chi connectivity index (χ3v) is 7.51. The average molecular weight is 554 g/mol. The SMILES string of the molecule is CS(=O)(=O)O[C@@H]1CN[C@@H]2[C@@H](OCc3ccccc3)[C@@H](OCc3ccccc3)[C@@H](COCc3ccccc3)O[C@@H]21. The van der Waals surface area contributed by atoms with Gasteiger partial charge in [0.25, 0.3) is 10.1 Å². The summed E-state index contributed by atoms with van der Waals surface area (Å²) in [7, 11) is -3.68. The van der Waals surface area contributed by atoms with E-state index in [1.807, 2.05) is 91.0 Å². The van der Waals surface area contributed by atoms with Gasteiger partial charge in [-0.2, -0.15) is 8.42 Å². The zero-order valence-electron chi connectivity index (χ0n) is 21.9. The van der Waals surface area contributed by atoms with Crippen molar-refractivity contribution >= 4 is 10.1 Å². The van der Waals surface area contributed by atoms with Crippen LogP contribution in [0.4, 0.5) is 0 Å². The highest BCUT2D eigenvalue weighted by molar-refractivity contribution is 7.86. The molecule has 2 aliphatic heterocycles. The minimum atomic E-state index is -3.68. The highest BCUT2D eigenvalue weighted by atomic mass is 32.2. The molecule has 2 saturated heterocycles. The molecular formula is C30H35NO7S. The summed E-state index contributed by atoms with van der Waals surface area (Å²) < 4.78 is 55.1. The number of nitrogens with one attached hydrogen (secondary N) is 1. The Morgan fingerprint density at radius 2 is 1.28 bits per heavy atom. The Hall–Kier alpha value is -2.63. The van der Waals surface area contributed by atoms with Crippen molar-refractivity contribution in [1.29, 1.82) is 0 Å². The summed E-state index contributed by atoms with van der Waals surface area (Å²) in [5.41, 5.74) is 3.11. The smallest absolute Gasteiger partial charge is 0.264 e. The van der Waals surface area contributed by atoms with Crippen LogP contribution >= 0.6 is 0 Å². The third-order valence-electron chi connectivity index (χ3n) is 6.91. The number of hydrogen-bond acceptors (Lipinski definition) is 8. The van der Waals surface area contributed by atoms with E-state index in [1.165, 1.54) is 0 Å². The molecule has 8 nitrogen and oxygen atoms in total. The predicted octanol–water partition coefficient (Wildman–Crippen LogP) is 3.46. The lowest BCUT2D eigenvalue weighted by molar-refractivity contribution is -0.233. The first kappa shape index (κ1) is 27.9. The molecular weight excluding hydrogens is 518 g/mol. The van der Waals surface area contributed by atoms with Crippen LogP contribution in [0.3, 0.4) is 0 Å². The maximum absolute atomic E-state index is 12.0. The van der Waals surface area contributed by atoms with Crippen LogP contribution in [0, 0.1) is 0 Å². The second kappa shape index (κ2) is 13.1. The number of rotatable bonds is 12. The first-order valence-electron chi connectivity index (χ1n) is 13.2. The lowest BCUT2D eigenvalue weighted by atomic mass is 9.92. The van der Waals surface area contributed by atoms with Crippen molar-refractivity contribution in [3.05, 3.63) is 108 Å². The molecule has 5 rings (SSSR count). The Morgan fingerprint density at radius 1 is 0.769 bits per heavy atom. The Kier molecular flexibility index (Phi) is 9.41. The maximum atomic E-state index is 12.0. The van der Waals surface area contributed by atoms with Gasteiger partial charge in [-0.05, 0) is 16.7 Å². The lowest BCUT2D eigenvalue weighted by Crippen LogP contribution is -2.63. The molecule has 0 amide bonds. The minimum absolute atomic E-state index is 0.244. The van der Waals surface area contributed by atoms with Gasteiger partial charge in [-0.3, -0.25) is 4.18 Å². The summed E-state index contributed by atoms with van der Waals surface area (Å²) >= 11 is 0. The third kappa shape index (κ3) is 7.73. The van der Waals surface area contributed by atoms with Crippen molar-refractivity contribution in [1.82, 2.24) is 5.32 Å². The molecule has 1 N–H and O–H groups in total. The van der Waals surface area contributed by atoms with Crippen LogP contribution in [-0.2, 0) is 53.1 Å². The fourth-order valence-electron chi connectivity index (χ4n) is 5.13. The van der Waals surface area contributed by atoms with Gasteiger partial charge >= 0.3 is 0 Å². The second-order valence-corrected chi connectivity index (χ2v) is 11.5. The highest BCUT2D eigenvalue weighted by Gasteiger charge is 2.53. The predicted molar refractivity (Wildman–Crippen MR) is 146 cm³/mol. The second-order valence-electron chi connectivity index (χ2n) is 9.94. The summed E-state index contributed by atoms with van der Waals surface area (Å²) in [5, 5.41) is 3.39. The molecule has 9 heteroatoms. The molecule has 208 valence electrons. The van der Waals surface area contributed by atoms with E-state index in [1.54, 1.807) is 0 Å². The van der Waals surface area contributed by atoms with Gasteiger partial charge in [0.1, 0.15) is 30.5 Å². The van der Waals surface area contributed by atoms with Crippen LogP contribution < -0.4 is 5.32 Å². The fraction of sp³-hybridized carbons (Fsp3) is 0.400. The molecule has 0 saturated carbocycles. The summed E-state index contributed by atoms with van der Waals surface area (Å²) in [5.74, 6) is 0. The molecule has 3 aromatic carbocycles. The van der Waals surface area contributed by atoms with Gasteiger partial charge in [0.15, 0.2) is 0 Å². The zero-order chi connectivity index (χ0) is 27.1. The molecule has 2 heterocycles. The van der Waals surface area contributed by atoms with E-state index in [-0.39, 0.29) is 12.6 Å². The van der Waals surface area contributed by atoms with Crippen LogP contribution in [0.2, 0.25) is 0 Å². The van der Waals surface area contributed by atoms with Crippen molar-refractivity contribution < 1.29 is 31.5 Å². The van der Waals surface area contributed by atoms with Gasteiger partial charge in [0.05, 0.1) is 38.7 Å². The van der Waals surface area contributed by atoms with Gasteiger partial charge in [-0.15, -0.1) is 0 Å². The van der Waals surface area contributed by atoms with Crippen molar-refractivity contribution in [2.24, 2.45) is 0 Å². The van der Waals surface area contributed by atoms with Crippen molar-refractivity contribution in [3.63, 3.8) is 0 Å². The van der Waals surface area contributed by atoms with E-state index in [0.29, 0.717) is 26.4 Å². The molecule has 0 radical (unpaired) electrons. The van der Waals surface area contributed by atoms with E-state index in [9.17, 15) is 8.42 Å². The molecule has 0 aliphatic carbocycles. The summed E-state index contributed by atoms with van der Waals surface area (Å²) in [4.78, 5) is 0. The van der Waals surface area contributed by atoms with Crippen LogP contribution in [0.5, 0.6) is 0 Å². The Balaban J connectivity index is 1.38. The Labute approximate surface area is 230 Å². The standard InChI is InChI=1S/C30H35NO7S/c1-39(32,33)38-25-17-31-27-28(25)37-26(21-34-18-22-11-5-2-6-12-22)29(35-19-23-13-7-3-8-14-23)30(27)36-20-24-15-9-4-10-16-24/h2-16,25-31H,17-21H2,1H3/t25-,26-,27+,28-,29+,30-/m1/s1. The summed E-state index contributed by atoms with van der Waals surface area (Å²) in [6.45, 7) is 1.72. The minimum Gasteiger partial charge on any atom is -0.374 e. The van der Waals surface area contributed by atoms with Crippen molar-refractivity contribution in [3.8, 4) is 0 Å². The van der Waals surface area contributed by atoms with Gasteiger partial charge in [-0.1, -0.05) is 91.0 Å². The average Bonchev–Trinajstić information content (AvgIpc) is 3.33. The lowest BCUT2D eigenvalue weighted by Gasteiger charge is -2.44. The number of hydrogen-bond donors (Lipinski definition) is 1. The van der Waals surface area contributed by atoms with Crippen molar-refractivity contribution in [2.75, 3.05) is 19.4 Å². The topological polar surface area (TPSA) is 92.3 Å². The van der Waals surface area contributed by atoms with Gasteiger partial charge in [0.2, 0.25) is 0 Å². The Morgan fingerprint density at radius 3 is 1.82 bits per heavy atom. The number of ether oxygens (including phenoxy) is 4. The van der Waals surface area contributed by atoms with Gasteiger partial charge < -0.3 is 24.3 Å². The first-order valence-corrected chi connectivity index (χ1v) is 15.0. The number of fused-ring (bicyclic) bond motifs is 1. The molecule has 0 bridgehead atoms. The van der Waals surface area contributed by atoms with Crippen LogP contribution in [-0.4, -0.2) is 64.4 Å². The maximum Gasteiger partial charge on any atom is 0.264 e. The fourth-order valence-corrected chi connectivity index (χ4v) is 5.76. The molecule has 0 aromatic heterocycles. The molecule has 2 fully saturated rings. The Bertz CT molecular complexity index is 1260. The molecule has 0 unspecified atom stereocenters. The van der Waals surface area contributed by atoms with E-state index >= 15 is 0 Å². The normalized spacial score (nSPS) is 26.8. The highest BCUT2D eigenvalue weighted by Crippen LogP contribution is 2.33. The number of benzene rings is 3. The quantitative estimate of drug-likeness (QED) is 0.341. The largest absolute Gasteiger partial charge is 0.374 e. The van der Waals surface area contributed by atoms with E-state index in [4.69, 9.17) is 23.1 Å². The molecule has 39 heavy (non-hydrogen) atoms. The monoisotopic (exact) mass is 553 g/mol. The van der Waals surface area contributed by atoms with Crippen LogP contribution in [0.15, 0.2) is 91.0 Å².